The molecule has 10 nitrogen and oxygen atoms in total. The molecule has 2 N–H and O–H groups in total. The molecule has 1 aliphatic rings. The van der Waals surface area contributed by atoms with Crippen molar-refractivity contribution in [1.29, 1.82) is 0 Å². The number of anilines is 2. The molecule has 12 heteroatoms. The van der Waals surface area contributed by atoms with E-state index in [9.17, 15) is 18.0 Å². The molecule has 0 aliphatic carbocycles. The number of carbonyl (C=O) groups is 2. The van der Waals surface area contributed by atoms with Gasteiger partial charge in [0, 0.05) is 31.7 Å². The quantitative estimate of drug-likeness (QED) is 0.523. The summed E-state index contributed by atoms with van der Waals surface area (Å²) in [6.07, 6.45) is 1.94. The van der Waals surface area contributed by atoms with Gasteiger partial charge in [0.05, 0.1) is 12.3 Å². The molecule has 2 heterocycles. The van der Waals surface area contributed by atoms with Gasteiger partial charge in [0.1, 0.15) is 5.75 Å². The molecule has 33 heavy (non-hydrogen) atoms. The zero-order valence-corrected chi connectivity index (χ0v) is 20.6. The minimum Gasteiger partial charge on any atom is -0.494 e. The number of carbonyl (C=O) groups excluding carboxylic acids is 2. The first kappa shape index (κ1) is 24.9. The summed E-state index contributed by atoms with van der Waals surface area (Å²) in [5.41, 5.74) is 0.887. The van der Waals surface area contributed by atoms with Crippen molar-refractivity contribution in [2.45, 2.75) is 37.3 Å². The number of amides is 3. The van der Waals surface area contributed by atoms with Crippen LogP contribution < -0.4 is 19.7 Å². The lowest BCUT2D eigenvalue weighted by molar-refractivity contribution is -0.127. The number of hydrogen-bond acceptors (Lipinski definition) is 7. The normalized spacial score (nSPS) is 13.9. The van der Waals surface area contributed by atoms with Crippen LogP contribution >= 0.6 is 11.3 Å². The van der Waals surface area contributed by atoms with Crippen molar-refractivity contribution < 1.29 is 22.7 Å². The Labute approximate surface area is 198 Å². The van der Waals surface area contributed by atoms with Gasteiger partial charge in [0.15, 0.2) is 9.34 Å². The maximum Gasteiger partial charge on any atom is 0.328 e. The number of ether oxygens (including phenoxy) is 1. The van der Waals surface area contributed by atoms with Crippen LogP contribution in [0, 0.1) is 6.92 Å². The number of thiazole rings is 1. The van der Waals surface area contributed by atoms with Crippen molar-refractivity contribution in [3.05, 3.63) is 30.0 Å². The molecule has 3 rings (SSSR count). The summed E-state index contributed by atoms with van der Waals surface area (Å²) < 4.78 is 32.4. The minimum atomic E-state index is -3.70. The van der Waals surface area contributed by atoms with Crippen LogP contribution in [-0.4, -0.2) is 63.5 Å². The van der Waals surface area contributed by atoms with Crippen LogP contribution in [0.15, 0.2) is 28.5 Å². The van der Waals surface area contributed by atoms with Crippen LogP contribution in [0.1, 0.15) is 31.9 Å². The third-order valence-corrected chi connectivity index (χ3v) is 8.33. The van der Waals surface area contributed by atoms with Crippen molar-refractivity contribution in [3.8, 4) is 5.75 Å². The molecule has 1 saturated heterocycles. The van der Waals surface area contributed by atoms with Crippen LogP contribution in [0.4, 0.5) is 15.6 Å². The first-order chi connectivity index (χ1) is 15.7. The zero-order valence-electron chi connectivity index (χ0n) is 19.0. The molecule has 0 bridgehead atoms. The van der Waals surface area contributed by atoms with Crippen LogP contribution in [0.2, 0.25) is 0 Å². The third kappa shape index (κ3) is 6.21. The standard InChI is InChI=1S/C21H29N5O5S2/c1-4-31-17-10-8-16(9-11-17)24-20(28)26(14-6-13-25-12-5-7-18(25)27)21-23-15(2)19(32-21)33(29,30)22-3/h8-11,22H,4-7,12-14H2,1-3H3,(H,24,28). The van der Waals surface area contributed by atoms with Gasteiger partial charge in [-0.15, -0.1) is 0 Å². The lowest BCUT2D eigenvalue weighted by Gasteiger charge is -2.22. The number of urea groups is 1. The van der Waals surface area contributed by atoms with E-state index in [-0.39, 0.29) is 21.8 Å². The highest BCUT2D eigenvalue weighted by Gasteiger charge is 2.26. The Hall–Kier alpha value is -2.70. The predicted molar refractivity (Wildman–Crippen MR) is 128 cm³/mol. The number of likely N-dealkylation sites (tertiary alicyclic amines) is 1. The summed E-state index contributed by atoms with van der Waals surface area (Å²) >= 11 is 0.933. The van der Waals surface area contributed by atoms with E-state index in [1.807, 2.05) is 6.92 Å². The smallest absolute Gasteiger partial charge is 0.328 e. The third-order valence-electron chi connectivity index (χ3n) is 5.13. The van der Waals surface area contributed by atoms with Crippen LogP contribution in [0.5, 0.6) is 5.75 Å². The summed E-state index contributed by atoms with van der Waals surface area (Å²) in [6.45, 7) is 5.55. The lowest BCUT2D eigenvalue weighted by Crippen LogP contribution is -2.37. The van der Waals surface area contributed by atoms with Gasteiger partial charge in [-0.2, -0.15) is 0 Å². The van der Waals surface area contributed by atoms with Gasteiger partial charge < -0.3 is 15.0 Å². The molecule has 2 aromatic rings. The van der Waals surface area contributed by atoms with E-state index in [4.69, 9.17) is 4.74 Å². The molecule has 1 aromatic heterocycles. The van der Waals surface area contributed by atoms with E-state index in [2.05, 4.69) is 15.0 Å². The number of rotatable bonds is 10. The van der Waals surface area contributed by atoms with Crippen molar-refractivity contribution >= 4 is 44.1 Å². The van der Waals surface area contributed by atoms with E-state index >= 15 is 0 Å². The van der Waals surface area contributed by atoms with E-state index < -0.39 is 16.1 Å². The van der Waals surface area contributed by atoms with Gasteiger partial charge in [-0.05, 0) is 58.0 Å². The van der Waals surface area contributed by atoms with Crippen LogP contribution in [-0.2, 0) is 14.8 Å². The Morgan fingerprint density at radius 2 is 2.03 bits per heavy atom. The summed E-state index contributed by atoms with van der Waals surface area (Å²) in [7, 11) is -2.37. The molecule has 0 atom stereocenters. The Kier molecular flexibility index (Phi) is 8.27. The van der Waals surface area contributed by atoms with Crippen molar-refractivity contribution in [2.75, 3.05) is 43.5 Å². The Bertz CT molecular complexity index is 1080. The fourth-order valence-electron chi connectivity index (χ4n) is 3.46. The molecule has 0 saturated carbocycles. The molecule has 1 aromatic carbocycles. The van der Waals surface area contributed by atoms with Gasteiger partial charge in [0.25, 0.3) is 10.0 Å². The van der Waals surface area contributed by atoms with Crippen molar-refractivity contribution in [1.82, 2.24) is 14.6 Å². The number of sulfonamides is 1. The fraction of sp³-hybridized carbons (Fsp3) is 0.476. The summed E-state index contributed by atoms with van der Waals surface area (Å²) in [5, 5.41) is 3.11. The monoisotopic (exact) mass is 495 g/mol. The highest BCUT2D eigenvalue weighted by atomic mass is 32.2. The first-order valence-electron chi connectivity index (χ1n) is 10.7. The highest BCUT2D eigenvalue weighted by Crippen LogP contribution is 2.30. The molecule has 3 amide bonds. The maximum atomic E-state index is 13.2. The Balaban J connectivity index is 1.79. The number of aryl methyl sites for hydroxylation is 1. The molecule has 0 unspecified atom stereocenters. The summed E-state index contributed by atoms with van der Waals surface area (Å²) in [5.74, 6) is 0.813. The second-order valence-electron chi connectivity index (χ2n) is 7.45. The zero-order chi connectivity index (χ0) is 24.0. The number of nitrogens with zero attached hydrogens (tertiary/aromatic N) is 3. The molecule has 1 aliphatic heterocycles. The molecule has 0 spiro atoms. The summed E-state index contributed by atoms with van der Waals surface area (Å²) in [6, 6.07) is 6.54. The second kappa shape index (κ2) is 10.9. The van der Waals surface area contributed by atoms with Gasteiger partial charge in [-0.1, -0.05) is 11.3 Å². The molecule has 0 radical (unpaired) electrons. The average molecular weight is 496 g/mol. The molecule has 1 fully saturated rings. The average Bonchev–Trinajstić information content (AvgIpc) is 3.38. The van der Waals surface area contributed by atoms with E-state index in [0.717, 1.165) is 24.3 Å². The number of hydrogen-bond donors (Lipinski definition) is 2. The number of benzene rings is 1. The van der Waals surface area contributed by atoms with Crippen LogP contribution in [0.25, 0.3) is 0 Å². The van der Waals surface area contributed by atoms with Gasteiger partial charge >= 0.3 is 6.03 Å². The maximum absolute atomic E-state index is 13.2. The van der Waals surface area contributed by atoms with Gasteiger partial charge in [-0.3, -0.25) is 9.69 Å². The largest absolute Gasteiger partial charge is 0.494 e. The van der Waals surface area contributed by atoms with Crippen LogP contribution in [0.3, 0.4) is 0 Å². The number of nitrogens with one attached hydrogen (secondary N) is 2. The fourth-order valence-corrected chi connectivity index (χ4v) is 5.82. The highest BCUT2D eigenvalue weighted by molar-refractivity contribution is 7.91. The summed E-state index contributed by atoms with van der Waals surface area (Å²) in [4.78, 5) is 32.6. The Morgan fingerprint density at radius 1 is 1.30 bits per heavy atom. The topological polar surface area (TPSA) is 121 Å². The minimum absolute atomic E-state index is 0.0635. The van der Waals surface area contributed by atoms with Gasteiger partial charge in [0.2, 0.25) is 5.91 Å². The van der Waals surface area contributed by atoms with Crippen molar-refractivity contribution in [3.63, 3.8) is 0 Å². The Morgan fingerprint density at radius 3 is 2.64 bits per heavy atom. The van der Waals surface area contributed by atoms with Gasteiger partial charge in [-0.25, -0.2) is 22.9 Å². The van der Waals surface area contributed by atoms with E-state index in [1.54, 1.807) is 36.1 Å². The molecular formula is C21H29N5O5S2. The van der Waals surface area contributed by atoms with Crippen molar-refractivity contribution in [2.24, 2.45) is 0 Å². The number of aromatic nitrogens is 1. The lowest BCUT2D eigenvalue weighted by atomic mass is 10.3. The first-order valence-corrected chi connectivity index (χ1v) is 13.0. The van der Waals surface area contributed by atoms with E-state index in [1.165, 1.54) is 11.9 Å². The van der Waals surface area contributed by atoms with E-state index in [0.29, 0.717) is 43.1 Å². The molecular weight excluding hydrogens is 466 g/mol. The molecule has 180 valence electrons. The SMILES string of the molecule is CCOc1ccc(NC(=O)N(CCCN2CCCC2=O)c2nc(C)c(S(=O)(=O)NC)s2)cc1. The second-order valence-corrected chi connectivity index (χ2v) is 10.5. The predicted octanol–water partition coefficient (Wildman–Crippen LogP) is 2.81.